The summed E-state index contributed by atoms with van der Waals surface area (Å²) < 4.78 is 1.76. The number of aromatic nitrogens is 3. The molecule has 2 aromatic carbocycles. The van der Waals surface area contributed by atoms with Crippen molar-refractivity contribution in [3.8, 4) is 0 Å². The van der Waals surface area contributed by atoms with Crippen LogP contribution in [0.15, 0.2) is 54.6 Å². The normalized spacial score (nSPS) is 16.0. The molecule has 3 aromatic rings. The first-order valence-corrected chi connectivity index (χ1v) is 9.23. The molecule has 138 valence electrons. The zero-order chi connectivity index (χ0) is 18.6. The van der Waals surface area contributed by atoms with E-state index in [0.29, 0.717) is 18.8 Å². The van der Waals surface area contributed by atoms with Crippen LogP contribution in [0.5, 0.6) is 0 Å². The van der Waals surface area contributed by atoms with Gasteiger partial charge >= 0.3 is 0 Å². The molecule has 1 atom stereocenters. The Labute approximate surface area is 158 Å². The third kappa shape index (κ3) is 3.90. The van der Waals surface area contributed by atoms with Gasteiger partial charge in [-0.2, -0.15) is 0 Å². The smallest absolute Gasteiger partial charge is 0.273 e. The van der Waals surface area contributed by atoms with Gasteiger partial charge in [-0.1, -0.05) is 59.8 Å². The minimum Gasteiger partial charge on any atom is -0.349 e. The highest BCUT2D eigenvalue weighted by Gasteiger charge is 2.21. The lowest BCUT2D eigenvalue weighted by Crippen LogP contribution is -2.44. The van der Waals surface area contributed by atoms with Crippen LogP contribution in [0.1, 0.15) is 32.9 Å². The maximum Gasteiger partial charge on any atom is 0.273 e. The average molecular weight is 361 g/mol. The van der Waals surface area contributed by atoms with Gasteiger partial charge in [-0.15, -0.1) is 5.10 Å². The number of fused-ring (bicyclic) bond motifs is 1. The minimum atomic E-state index is -0.174. The fourth-order valence-corrected chi connectivity index (χ4v) is 3.44. The summed E-state index contributed by atoms with van der Waals surface area (Å²) in [6.45, 7) is 3.89. The highest BCUT2D eigenvalue weighted by Crippen LogP contribution is 2.16. The Morgan fingerprint density at radius 3 is 2.70 bits per heavy atom. The van der Waals surface area contributed by atoms with Crippen molar-refractivity contribution < 1.29 is 4.79 Å². The number of nitrogens with one attached hydrogen (secondary N) is 2. The van der Waals surface area contributed by atoms with E-state index in [1.807, 2.05) is 37.3 Å². The Bertz CT molecular complexity index is 935. The van der Waals surface area contributed by atoms with Crippen molar-refractivity contribution >= 4 is 5.91 Å². The zero-order valence-corrected chi connectivity index (χ0v) is 15.4. The van der Waals surface area contributed by atoms with Crippen LogP contribution in [-0.2, 0) is 19.5 Å². The molecule has 2 N–H and O–H groups in total. The second kappa shape index (κ2) is 7.72. The lowest BCUT2D eigenvalue weighted by Gasteiger charge is -2.26. The molecule has 0 bridgehead atoms. The molecule has 0 saturated carbocycles. The summed E-state index contributed by atoms with van der Waals surface area (Å²) in [4.78, 5) is 12.6. The van der Waals surface area contributed by atoms with Crippen LogP contribution in [-0.4, -0.2) is 33.5 Å². The molecule has 1 aliphatic heterocycles. The molecule has 1 aromatic heterocycles. The second-order valence-corrected chi connectivity index (χ2v) is 6.93. The monoisotopic (exact) mass is 361 g/mol. The summed E-state index contributed by atoms with van der Waals surface area (Å²) in [6, 6.07) is 18.7. The highest BCUT2D eigenvalue weighted by atomic mass is 16.2. The predicted molar refractivity (Wildman–Crippen MR) is 103 cm³/mol. The molecule has 2 heterocycles. The molecule has 4 rings (SSSR count). The Kier molecular flexibility index (Phi) is 4.98. The van der Waals surface area contributed by atoms with Crippen LogP contribution in [0.4, 0.5) is 0 Å². The van der Waals surface area contributed by atoms with E-state index in [0.717, 1.165) is 24.2 Å². The second-order valence-electron chi connectivity index (χ2n) is 6.93. The van der Waals surface area contributed by atoms with E-state index < -0.39 is 0 Å². The molecule has 0 saturated heterocycles. The quantitative estimate of drug-likeness (QED) is 0.730. The topological polar surface area (TPSA) is 71.8 Å². The molecule has 1 amide bonds. The van der Waals surface area contributed by atoms with Crippen molar-refractivity contribution in [2.24, 2.45) is 0 Å². The van der Waals surface area contributed by atoms with E-state index in [2.05, 4.69) is 45.2 Å². The van der Waals surface area contributed by atoms with E-state index in [1.165, 1.54) is 11.1 Å². The fraction of sp³-hybridized carbons (Fsp3) is 0.286. The SMILES string of the molecule is Cc1c(C(=O)NCC2Cc3ccccc3CN2)nnn1Cc1ccccc1. The third-order valence-corrected chi connectivity index (χ3v) is 5.05. The van der Waals surface area contributed by atoms with E-state index in [4.69, 9.17) is 0 Å². The van der Waals surface area contributed by atoms with Crippen molar-refractivity contribution in [3.05, 3.63) is 82.7 Å². The number of nitrogens with zero attached hydrogens (tertiary/aromatic N) is 3. The van der Waals surface area contributed by atoms with Gasteiger partial charge in [-0.05, 0) is 30.0 Å². The molecule has 1 unspecified atom stereocenters. The van der Waals surface area contributed by atoms with E-state index in [9.17, 15) is 4.79 Å². The molecule has 0 radical (unpaired) electrons. The lowest BCUT2D eigenvalue weighted by atomic mass is 9.96. The van der Waals surface area contributed by atoms with Crippen LogP contribution >= 0.6 is 0 Å². The van der Waals surface area contributed by atoms with Gasteiger partial charge in [0.15, 0.2) is 5.69 Å². The first-order chi connectivity index (χ1) is 13.2. The summed E-state index contributed by atoms with van der Waals surface area (Å²) in [5.41, 5.74) is 4.98. The van der Waals surface area contributed by atoms with Crippen molar-refractivity contribution in [2.45, 2.75) is 32.5 Å². The zero-order valence-electron chi connectivity index (χ0n) is 15.4. The van der Waals surface area contributed by atoms with Crippen LogP contribution in [0.25, 0.3) is 0 Å². The van der Waals surface area contributed by atoms with Gasteiger partial charge in [-0.25, -0.2) is 4.68 Å². The number of carbonyl (C=O) groups is 1. The lowest BCUT2D eigenvalue weighted by molar-refractivity contribution is 0.0943. The van der Waals surface area contributed by atoms with Gasteiger partial charge in [0.25, 0.3) is 5.91 Å². The molecule has 0 spiro atoms. The van der Waals surface area contributed by atoms with Gasteiger partial charge in [0.2, 0.25) is 0 Å². The number of carbonyl (C=O) groups excluding carboxylic acids is 1. The van der Waals surface area contributed by atoms with Crippen LogP contribution < -0.4 is 10.6 Å². The van der Waals surface area contributed by atoms with Gasteiger partial charge in [0.05, 0.1) is 12.2 Å². The maximum atomic E-state index is 12.6. The summed E-state index contributed by atoms with van der Waals surface area (Å²) in [5, 5.41) is 14.7. The first kappa shape index (κ1) is 17.4. The highest BCUT2D eigenvalue weighted by molar-refractivity contribution is 5.93. The summed E-state index contributed by atoms with van der Waals surface area (Å²) in [6.07, 6.45) is 0.913. The van der Waals surface area contributed by atoms with Gasteiger partial charge in [0.1, 0.15) is 0 Å². The van der Waals surface area contributed by atoms with Crippen LogP contribution in [0.3, 0.4) is 0 Å². The maximum absolute atomic E-state index is 12.6. The molecule has 6 heteroatoms. The molecular weight excluding hydrogens is 338 g/mol. The van der Waals surface area contributed by atoms with Crippen molar-refractivity contribution in [2.75, 3.05) is 6.54 Å². The Hall–Kier alpha value is -2.99. The number of rotatable bonds is 5. The number of amides is 1. The predicted octanol–water partition coefficient (Wildman–Crippen LogP) is 2.08. The van der Waals surface area contributed by atoms with E-state index in [-0.39, 0.29) is 11.9 Å². The average Bonchev–Trinajstić information content (AvgIpc) is 3.07. The molecule has 0 fully saturated rings. The summed E-state index contributed by atoms with van der Waals surface area (Å²) in [5.74, 6) is -0.174. The van der Waals surface area contributed by atoms with Crippen molar-refractivity contribution in [1.29, 1.82) is 0 Å². The summed E-state index contributed by atoms with van der Waals surface area (Å²) >= 11 is 0. The fourth-order valence-electron chi connectivity index (χ4n) is 3.44. The first-order valence-electron chi connectivity index (χ1n) is 9.23. The minimum absolute atomic E-state index is 0.174. The number of hydrogen-bond donors (Lipinski definition) is 2. The summed E-state index contributed by atoms with van der Waals surface area (Å²) in [7, 11) is 0. The van der Waals surface area contributed by atoms with Crippen molar-refractivity contribution in [1.82, 2.24) is 25.6 Å². The molecule has 0 aliphatic carbocycles. The van der Waals surface area contributed by atoms with Gasteiger partial charge in [0, 0.05) is 19.1 Å². The number of benzene rings is 2. The molecule has 27 heavy (non-hydrogen) atoms. The van der Waals surface area contributed by atoms with E-state index >= 15 is 0 Å². The molecule has 6 nitrogen and oxygen atoms in total. The Morgan fingerprint density at radius 1 is 1.15 bits per heavy atom. The Balaban J connectivity index is 1.36. The largest absolute Gasteiger partial charge is 0.349 e. The van der Waals surface area contributed by atoms with Crippen molar-refractivity contribution in [3.63, 3.8) is 0 Å². The standard InChI is InChI=1S/C21H23N5O/c1-15-20(24-25-26(15)14-16-7-3-2-4-8-16)21(27)23-13-19-11-17-9-5-6-10-18(17)12-22-19/h2-10,19,22H,11-14H2,1H3,(H,23,27). The van der Waals surface area contributed by atoms with Crippen LogP contribution in [0.2, 0.25) is 0 Å². The molecular formula is C21H23N5O. The van der Waals surface area contributed by atoms with Gasteiger partial charge < -0.3 is 10.6 Å². The third-order valence-electron chi connectivity index (χ3n) is 5.05. The number of hydrogen-bond acceptors (Lipinski definition) is 4. The molecule has 1 aliphatic rings. The van der Waals surface area contributed by atoms with Crippen LogP contribution in [0, 0.1) is 6.92 Å². The Morgan fingerprint density at radius 2 is 1.89 bits per heavy atom. The van der Waals surface area contributed by atoms with Gasteiger partial charge in [-0.3, -0.25) is 4.79 Å². The van der Waals surface area contributed by atoms with E-state index in [1.54, 1.807) is 4.68 Å².